The summed E-state index contributed by atoms with van der Waals surface area (Å²) in [5.74, 6) is 0.895. The molecule has 1 atom stereocenters. The van der Waals surface area contributed by atoms with Crippen LogP contribution in [0.2, 0.25) is 0 Å². The third-order valence-corrected chi connectivity index (χ3v) is 4.13. The number of nitrogens with zero attached hydrogens (tertiary/aromatic N) is 2. The molecule has 0 radical (unpaired) electrons. The van der Waals surface area contributed by atoms with Crippen molar-refractivity contribution < 1.29 is 0 Å². The van der Waals surface area contributed by atoms with Crippen LogP contribution in [0.5, 0.6) is 0 Å². The van der Waals surface area contributed by atoms with Gasteiger partial charge in [0.1, 0.15) is 0 Å². The smallest absolute Gasteiger partial charge is 0.0109 e. The Morgan fingerprint density at radius 1 is 1.36 bits per heavy atom. The molecule has 1 fully saturated rings. The maximum absolute atomic E-state index is 3.57. The number of rotatable bonds is 6. The zero-order valence-electron chi connectivity index (χ0n) is 9.51. The first kappa shape index (κ1) is 12.5. The van der Waals surface area contributed by atoms with Crippen LogP contribution in [0.1, 0.15) is 20.3 Å². The highest BCUT2D eigenvalue weighted by Crippen LogP contribution is 2.17. The van der Waals surface area contributed by atoms with Crippen LogP contribution in [-0.4, -0.2) is 54.4 Å². The van der Waals surface area contributed by atoms with E-state index in [1.807, 2.05) is 0 Å². The number of hydrogen-bond donors (Lipinski definition) is 0. The van der Waals surface area contributed by atoms with Crippen molar-refractivity contribution in [1.82, 2.24) is 9.80 Å². The van der Waals surface area contributed by atoms with E-state index in [4.69, 9.17) is 0 Å². The second-order valence-electron chi connectivity index (χ2n) is 4.14. The normalized spacial score (nSPS) is 23.6. The van der Waals surface area contributed by atoms with Crippen LogP contribution in [0.25, 0.3) is 0 Å². The van der Waals surface area contributed by atoms with Crippen molar-refractivity contribution in [3.05, 3.63) is 0 Å². The summed E-state index contributed by atoms with van der Waals surface area (Å²) in [4.78, 5) is 5.10. The lowest BCUT2D eigenvalue weighted by Crippen LogP contribution is -2.34. The largest absolute Gasteiger partial charge is 0.303 e. The van der Waals surface area contributed by atoms with Crippen LogP contribution in [0.15, 0.2) is 0 Å². The van der Waals surface area contributed by atoms with E-state index in [0.29, 0.717) is 0 Å². The average Bonchev–Trinajstić information content (AvgIpc) is 2.67. The van der Waals surface area contributed by atoms with E-state index in [-0.39, 0.29) is 0 Å². The van der Waals surface area contributed by atoms with E-state index in [9.17, 15) is 0 Å². The van der Waals surface area contributed by atoms with Crippen molar-refractivity contribution in [2.75, 3.05) is 44.6 Å². The molecule has 1 aliphatic rings. The quantitative estimate of drug-likeness (QED) is 0.677. The minimum absolute atomic E-state index is 0.895. The molecule has 1 rings (SSSR count). The molecule has 1 saturated heterocycles. The van der Waals surface area contributed by atoms with Crippen LogP contribution in [-0.2, 0) is 0 Å². The number of halogens is 1. The molecule has 2 nitrogen and oxygen atoms in total. The van der Waals surface area contributed by atoms with E-state index < -0.39 is 0 Å². The van der Waals surface area contributed by atoms with Crippen molar-refractivity contribution in [2.24, 2.45) is 5.92 Å². The molecule has 14 heavy (non-hydrogen) atoms. The van der Waals surface area contributed by atoms with Gasteiger partial charge in [-0.3, -0.25) is 0 Å². The highest BCUT2D eigenvalue weighted by atomic mass is 79.9. The molecule has 3 heteroatoms. The molecule has 0 aromatic rings. The summed E-state index contributed by atoms with van der Waals surface area (Å²) in [6.07, 6.45) is 1.38. The first-order chi connectivity index (χ1) is 6.80. The van der Waals surface area contributed by atoms with Gasteiger partial charge in [0.05, 0.1) is 0 Å². The van der Waals surface area contributed by atoms with Crippen molar-refractivity contribution in [1.29, 1.82) is 0 Å². The maximum Gasteiger partial charge on any atom is 0.0109 e. The Morgan fingerprint density at radius 2 is 2.07 bits per heavy atom. The average molecular weight is 263 g/mol. The summed E-state index contributed by atoms with van der Waals surface area (Å²) in [5, 5.41) is 1.18. The molecule has 0 aromatic heterocycles. The third-order valence-electron chi connectivity index (χ3n) is 3.22. The molecule has 0 saturated carbocycles. The molecule has 1 unspecified atom stereocenters. The number of likely N-dealkylation sites (tertiary alicyclic amines) is 1. The molecular formula is C11H23BrN2. The zero-order chi connectivity index (χ0) is 10.4. The van der Waals surface area contributed by atoms with E-state index in [0.717, 1.165) is 5.92 Å². The van der Waals surface area contributed by atoms with Crippen molar-refractivity contribution >= 4 is 15.9 Å². The van der Waals surface area contributed by atoms with Gasteiger partial charge >= 0.3 is 0 Å². The van der Waals surface area contributed by atoms with Crippen LogP contribution in [0, 0.1) is 5.92 Å². The van der Waals surface area contributed by atoms with E-state index in [2.05, 4.69) is 39.6 Å². The highest BCUT2D eigenvalue weighted by Gasteiger charge is 2.20. The van der Waals surface area contributed by atoms with Gasteiger partial charge in [-0.2, -0.15) is 0 Å². The topological polar surface area (TPSA) is 6.48 Å². The van der Waals surface area contributed by atoms with Gasteiger partial charge in [-0.15, -0.1) is 0 Å². The Kier molecular flexibility index (Phi) is 6.06. The maximum atomic E-state index is 3.57. The SMILES string of the molecule is CCN(CC)CCN1CCC(CBr)C1. The van der Waals surface area contributed by atoms with Crippen LogP contribution < -0.4 is 0 Å². The molecule has 1 heterocycles. The van der Waals surface area contributed by atoms with E-state index in [1.165, 1.54) is 51.0 Å². The fourth-order valence-electron chi connectivity index (χ4n) is 2.06. The number of likely N-dealkylation sites (N-methyl/N-ethyl adjacent to an activating group) is 1. The lowest BCUT2D eigenvalue weighted by molar-refractivity contribution is 0.238. The minimum atomic E-state index is 0.895. The Balaban J connectivity index is 2.13. The molecule has 0 bridgehead atoms. The van der Waals surface area contributed by atoms with Crippen molar-refractivity contribution in [2.45, 2.75) is 20.3 Å². The fraction of sp³-hybridized carbons (Fsp3) is 1.00. The second kappa shape index (κ2) is 6.81. The van der Waals surface area contributed by atoms with Crippen LogP contribution in [0.3, 0.4) is 0 Å². The molecule has 0 aromatic carbocycles. The first-order valence-corrected chi connectivity index (χ1v) is 6.93. The minimum Gasteiger partial charge on any atom is -0.303 e. The monoisotopic (exact) mass is 262 g/mol. The standard InChI is InChI=1S/C11H23BrN2/c1-3-13(4-2)7-8-14-6-5-11(9-12)10-14/h11H,3-10H2,1-2H3. The van der Waals surface area contributed by atoms with Gasteiger partial charge in [0.15, 0.2) is 0 Å². The highest BCUT2D eigenvalue weighted by molar-refractivity contribution is 9.09. The van der Waals surface area contributed by atoms with Gasteiger partial charge in [0.25, 0.3) is 0 Å². The second-order valence-corrected chi connectivity index (χ2v) is 4.78. The molecule has 84 valence electrons. The van der Waals surface area contributed by atoms with Gasteiger partial charge in [-0.25, -0.2) is 0 Å². The molecule has 0 amide bonds. The zero-order valence-corrected chi connectivity index (χ0v) is 11.1. The van der Waals surface area contributed by atoms with E-state index in [1.54, 1.807) is 0 Å². The van der Waals surface area contributed by atoms with Gasteiger partial charge in [0, 0.05) is 25.0 Å². The first-order valence-electron chi connectivity index (χ1n) is 5.80. The number of hydrogen-bond acceptors (Lipinski definition) is 2. The Bertz CT molecular complexity index is 148. The van der Waals surface area contributed by atoms with Gasteiger partial charge in [-0.05, 0) is 32.0 Å². The Labute approximate surface area is 96.8 Å². The summed E-state index contributed by atoms with van der Waals surface area (Å²) in [6.45, 7) is 12.0. The number of alkyl halides is 1. The van der Waals surface area contributed by atoms with Crippen LogP contribution in [0.4, 0.5) is 0 Å². The van der Waals surface area contributed by atoms with Crippen molar-refractivity contribution in [3.63, 3.8) is 0 Å². The molecule has 0 N–H and O–H groups in total. The molecular weight excluding hydrogens is 240 g/mol. The van der Waals surface area contributed by atoms with Gasteiger partial charge in [-0.1, -0.05) is 29.8 Å². The summed E-state index contributed by atoms with van der Waals surface area (Å²) in [6, 6.07) is 0. The van der Waals surface area contributed by atoms with Crippen LogP contribution >= 0.6 is 15.9 Å². The van der Waals surface area contributed by atoms with Gasteiger partial charge in [0.2, 0.25) is 0 Å². The van der Waals surface area contributed by atoms with Crippen molar-refractivity contribution in [3.8, 4) is 0 Å². The molecule has 1 aliphatic heterocycles. The lowest BCUT2D eigenvalue weighted by atomic mass is 10.2. The fourth-order valence-corrected chi connectivity index (χ4v) is 2.59. The summed E-state index contributed by atoms with van der Waals surface area (Å²) in [5.41, 5.74) is 0. The molecule has 0 spiro atoms. The Morgan fingerprint density at radius 3 is 2.57 bits per heavy atom. The predicted octanol–water partition coefficient (Wildman–Crippen LogP) is 2.04. The predicted molar refractivity (Wildman–Crippen MR) is 66.1 cm³/mol. The Hall–Kier alpha value is 0.400. The summed E-state index contributed by atoms with van der Waals surface area (Å²) >= 11 is 3.57. The lowest BCUT2D eigenvalue weighted by Gasteiger charge is -2.22. The van der Waals surface area contributed by atoms with E-state index >= 15 is 0 Å². The molecule has 0 aliphatic carbocycles. The third kappa shape index (κ3) is 3.87. The van der Waals surface area contributed by atoms with Gasteiger partial charge < -0.3 is 9.80 Å². The summed E-state index contributed by atoms with van der Waals surface area (Å²) < 4.78 is 0. The summed E-state index contributed by atoms with van der Waals surface area (Å²) in [7, 11) is 0.